The highest BCUT2D eigenvalue weighted by molar-refractivity contribution is 5.43. The number of phenolic OH excluding ortho intramolecular Hbond substituents is 1. The Bertz CT molecular complexity index is 429. The van der Waals surface area contributed by atoms with Crippen LogP contribution in [-0.2, 0) is 10.3 Å². The predicted molar refractivity (Wildman–Crippen MR) is 56.5 cm³/mol. The van der Waals surface area contributed by atoms with Crippen molar-refractivity contribution in [2.45, 2.75) is 31.7 Å². The predicted octanol–water partition coefficient (Wildman–Crippen LogP) is 2.42. The number of aliphatic imine (C=N–C) groups is 1. The highest BCUT2D eigenvalue weighted by Gasteiger charge is 2.39. The molecule has 1 saturated carbocycles. The minimum Gasteiger partial charge on any atom is -0.508 e. The molecule has 15 heavy (non-hydrogen) atoms. The van der Waals surface area contributed by atoms with Gasteiger partial charge >= 0.3 is 0 Å². The molecule has 1 aliphatic rings. The van der Waals surface area contributed by atoms with Gasteiger partial charge in [-0.15, -0.1) is 0 Å². The Balaban J connectivity index is 2.43. The summed E-state index contributed by atoms with van der Waals surface area (Å²) < 4.78 is 0. The van der Waals surface area contributed by atoms with Gasteiger partial charge in [-0.2, -0.15) is 4.99 Å². The zero-order chi connectivity index (χ0) is 10.9. The summed E-state index contributed by atoms with van der Waals surface area (Å²) in [5, 5.41) is 9.61. The van der Waals surface area contributed by atoms with Crippen LogP contribution in [0.15, 0.2) is 23.2 Å². The van der Waals surface area contributed by atoms with Gasteiger partial charge in [0.2, 0.25) is 6.08 Å². The van der Waals surface area contributed by atoms with Gasteiger partial charge in [0.05, 0.1) is 5.54 Å². The summed E-state index contributed by atoms with van der Waals surface area (Å²) in [6.45, 7) is 1.84. The van der Waals surface area contributed by atoms with Crippen LogP contribution in [0.25, 0.3) is 0 Å². The number of nitrogens with zero attached hydrogens (tertiary/aromatic N) is 1. The zero-order valence-electron chi connectivity index (χ0n) is 8.66. The van der Waals surface area contributed by atoms with E-state index in [1.54, 1.807) is 12.1 Å². The largest absolute Gasteiger partial charge is 0.508 e. The Kier molecular flexibility index (Phi) is 2.33. The van der Waals surface area contributed by atoms with E-state index in [-0.39, 0.29) is 5.75 Å². The smallest absolute Gasteiger partial charge is 0.235 e. The van der Waals surface area contributed by atoms with Gasteiger partial charge < -0.3 is 5.11 Å². The molecule has 0 heterocycles. The normalized spacial score (nSPS) is 17.7. The standard InChI is InChI=1S/C12H13NO2/c1-9-3-4-10(7-11(9)15)12(13-8-14)5-2-6-12/h3-4,7,15H,2,5-6H2,1H3. The Morgan fingerprint density at radius 3 is 2.67 bits per heavy atom. The van der Waals surface area contributed by atoms with Crippen LogP contribution in [0.4, 0.5) is 0 Å². The van der Waals surface area contributed by atoms with Crippen LogP contribution >= 0.6 is 0 Å². The van der Waals surface area contributed by atoms with Crippen molar-refractivity contribution >= 4 is 6.08 Å². The van der Waals surface area contributed by atoms with Crippen LogP contribution in [0.5, 0.6) is 5.75 Å². The maximum Gasteiger partial charge on any atom is 0.235 e. The number of isocyanates is 1. The second-order valence-electron chi connectivity index (χ2n) is 4.09. The van der Waals surface area contributed by atoms with E-state index in [9.17, 15) is 9.90 Å². The van der Waals surface area contributed by atoms with Gasteiger partial charge in [0.25, 0.3) is 0 Å². The third-order valence-corrected chi connectivity index (χ3v) is 3.19. The summed E-state index contributed by atoms with van der Waals surface area (Å²) in [4.78, 5) is 14.3. The number of rotatable bonds is 2. The number of benzene rings is 1. The highest BCUT2D eigenvalue weighted by atomic mass is 16.3. The van der Waals surface area contributed by atoms with Gasteiger partial charge in [-0.3, -0.25) is 0 Å². The van der Waals surface area contributed by atoms with E-state index in [1.165, 1.54) is 0 Å². The molecule has 0 radical (unpaired) electrons. The van der Waals surface area contributed by atoms with Gasteiger partial charge in [-0.05, 0) is 43.4 Å². The van der Waals surface area contributed by atoms with Crippen molar-refractivity contribution in [3.05, 3.63) is 29.3 Å². The second-order valence-corrected chi connectivity index (χ2v) is 4.09. The lowest BCUT2D eigenvalue weighted by molar-refractivity contribution is 0.255. The van der Waals surface area contributed by atoms with Crippen molar-refractivity contribution in [1.29, 1.82) is 0 Å². The van der Waals surface area contributed by atoms with Crippen molar-refractivity contribution in [2.24, 2.45) is 4.99 Å². The van der Waals surface area contributed by atoms with E-state index in [0.29, 0.717) is 0 Å². The second kappa shape index (κ2) is 3.52. The highest BCUT2D eigenvalue weighted by Crippen LogP contribution is 2.45. The first-order valence-corrected chi connectivity index (χ1v) is 5.07. The minimum absolute atomic E-state index is 0.264. The van der Waals surface area contributed by atoms with E-state index in [0.717, 1.165) is 30.4 Å². The van der Waals surface area contributed by atoms with Crippen LogP contribution in [0.1, 0.15) is 30.4 Å². The molecule has 78 valence electrons. The third-order valence-electron chi connectivity index (χ3n) is 3.19. The van der Waals surface area contributed by atoms with Crippen molar-refractivity contribution < 1.29 is 9.90 Å². The Morgan fingerprint density at radius 2 is 2.20 bits per heavy atom. The fraction of sp³-hybridized carbons (Fsp3) is 0.417. The van der Waals surface area contributed by atoms with E-state index in [2.05, 4.69) is 4.99 Å². The first kappa shape index (κ1) is 9.94. The summed E-state index contributed by atoms with van der Waals surface area (Å²) in [6, 6.07) is 5.48. The molecular weight excluding hydrogens is 190 g/mol. The number of carbonyl (C=O) groups excluding carboxylic acids is 1. The average molecular weight is 203 g/mol. The molecule has 0 aliphatic heterocycles. The quantitative estimate of drug-likeness (QED) is 0.592. The molecule has 3 nitrogen and oxygen atoms in total. The molecule has 1 aliphatic carbocycles. The van der Waals surface area contributed by atoms with E-state index in [1.807, 2.05) is 19.1 Å². The van der Waals surface area contributed by atoms with E-state index >= 15 is 0 Å². The van der Waals surface area contributed by atoms with Crippen molar-refractivity contribution in [3.63, 3.8) is 0 Å². The van der Waals surface area contributed by atoms with Crippen LogP contribution in [0.3, 0.4) is 0 Å². The molecule has 1 N–H and O–H groups in total. The molecule has 1 aromatic carbocycles. The maximum absolute atomic E-state index is 10.4. The van der Waals surface area contributed by atoms with E-state index < -0.39 is 5.54 Å². The summed E-state index contributed by atoms with van der Waals surface area (Å²) in [7, 11) is 0. The molecule has 0 spiro atoms. The lowest BCUT2D eigenvalue weighted by Crippen LogP contribution is -2.31. The molecule has 0 bridgehead atoms. The Hall–Kier alpha value is -1.60. The fourth-order valence-corrected chi connectivity index (χ4v) is 1.96. The van der Waals surface area contributed by atoms with Crippen molar-refractivity contribution in [1.82, 2.24) is 0 Å². The molecule has 0 aromatic heterocycles. The first-order chi connectivity index (χ1) is 7.18. The number of aryl methyl sites for hydroxylation is 1. The molecular formula is C12H13NO2. The van der Waals surface area contributed by atoms with Gasteiger partial charge in [-0.1, -0.05) is 12.1 Å². The summed E-state index contributed by atoms with van der Waals surface area (Å²) >= 11 is 0. The molecule has 0 unspecified atom stereocenters. The van der Waals surface area contributed by atoms with Crippen molar-refractivity contribution in [2.75, 3.05) is 0 Å². The number of hydrogen-bond donors (Lipinski definition) is 1. The lowest BCUT2D eigenvalue weighted by atomic mass is 9.72. The van der Waals surface area contributed by atoms with Crippen LogP contribution < -0.4 is 0 Å². The number of aromatic hydroxyl groups is 1. The molecule has 3 heteroatoms. The van der Waals surface area contributed by atoms with Gasteiger partial charge in [0.1, 0.15) is 5.75 Å². The van der Waals surface area contributed by atoms with Gasteiger partial charge in [0, 0.05) is 0 Å². The molecule has 0 saturated heterocycles. The average Bonchev–Trinajstić information content (AvgIpc) is 2.16. The third kappa shape index (κ3) is 1.55. The number of hydrogen-bond acceptors (Lipinski definition) is 3. The zero-order valence-corrected chi connectivity index (χ0v) is 8.66. The maximum atomic E-state index is 10.4. The minimum atomic E-state index is -0.410. The van der Waals surface area contributed by atoms with Crippen LogP contribution in [-0.4, -0.2) is 11.2 Å². The SMILES string of the molecule is Cc1ccc(C2(N=C=O)CCC2)cc1O. The Morgan fingerprint density at radius 1 is 1.47 bits per heavy atom. The lowest BCUT2D eigenvalue weighted by Gasteiger charge is -2.37. The Labute approximate surface area is 88.5 Å². The van der Waals surface area contributed by atoms with E-state index in [4.69, 9.17) is 0 Å². The van der Waals surface area contributed by atoms with Crippen molar-refractivity contribution in [3.8, 4) is 5.75 Å². The van der Waals surface area contributed by atoms with Gasteiger partial charge in [0.15, 0.2) is 0 Å². The summed E-state index contributed by atoms with van der Waals surface area (Å²) in [5.74, 6) is 0.264. The first-order valence-electron chi connectivity index (χ1n) is 5.07. The van der Waals surface area contributed by atoms with Crippen LogP contribution in [0.2, 0.25) is 0 Å². The molecule has 1 aromatic rings. The van der Waals surface area contributed by atoms with Gasteiger partial charge in [-0.25, -0.2) is 4.79 Å². The summed E-state index contributed by atoms with van der Waals surface area (Å²) in [5.41, 5.74) is 1.34. The molecule has 0 amide bonds. The molecule has 0 atom stereocenters. The fourth-order valence-electron chi connectivity index (χ4n) is 1.96. The summed E-state index contributed by atoms with van der Waals surface area (Å²) in [6.07, 6.45) is 4.44. The molecule has 1 fully saturated rings. The van der Waals surface area contributed by atoms with Crippen LogP contribution in [0, 0.1) is 6.92 Å². The molecule has 2 rings (SSSR count). The topological polar surface area (TPSA) is 49.7 Å². The monoisotopic (exact) mass is 203 g/mol. The number of phenols is 1.